The molecule has 1 atom stereocenters. The van der Waals surface area contributed by atoms with Crippen molar-refractivity contribution in [1.82, 2.24) is 4.90 Å². The van der Waals surface area contributed by atoms with Crippen LogP contribution in [-0.2, 0) is 11.3 Å². The number of benzene rings is 1. The minimum Gasteiger partial charge on any atom is -0.486 e. The number of fused-ring (bicyclic) bond motifs is 1. The molecule has 1 fully saturated rings. The highest BCUT2D eigenvalue weighted by Gasteiger charge is 2.27. The predicted octanol–water partition coefficient (Wildman–Crippen LogP) is 2.55. The van der Waals surface area contributed by atoms with Crippen LogP contribution in [0.1, 0.15) is 24.8 Å². The highest BCUT2D eigenvalue weighted by atomic mass is 35.5. The highest BCUT2D eigenvalue weighted by Crippen LogP contribution is 2.39. The second-order valence-electron chi connectivity index (χ2n) is 5.47. The number of carbonyl (C=O) groups is 1. The summed E-state index contributed by atoms with van der Waals surface area (Å²) in [5.74, 6) is 0.542. The summed E-state index contributed by atoms with van der Waals surface area (Å²) in [6.07, 6.45) is 2.17. The zero-order chi connectivity index (χ0) is 14.8. The molecule has 0 bridgehead atoms. The zero-order valence-corrected chi connectivity index (χ0v) is 12.4. The third-order valence-electron chi connectivity index (χ3n) is 3.95. The summed E-state index contributed by atoms with van der Waals surface area (Å²) < 4.78 is 11.1. The lowest BCUT2D eigenvalue weighted by Crippen LogP contribution is -2.30. The van der Waals surface area contributed by atoms with Crippen molar-refractivity contribution in [3.05, 3.63) is 22.7 Å². The van der Waals surface area contributed by atoms with Gasteiger partial charge in [-0.15, -0.1) is 0 Å². The third kappa shape index (κ3) is 3.24. The van der Waals surface area contributed by atoms with Gasteiger partial charge in [0.15, 0.2) is 11.5 Å². The summed E-state index contributed by atoms with van der Waals surface area (Å²) in [6, 6.07) is 3.93. The van der Waals surface area contributed by atoms with E-state index in [-0.39, 0.29) is 12.5 Å². The molecule has 6 heteroatoms. The van der Waals surface area contributed by atoms with Crippen LogP contribution < -0.4 is 9.47 Å². The smallest absolute Gasteiger partial charge is 0.304 e. The van der Waals surface area contributed by atoms with Crippen molar-refractivity contribution in [3.63, 3.8) is 0 Å². The van der Waals surface area contributed by atoms with Crippen molar-refractivity contribution in [2.75, 3.05) is 19.8 Å². The van der Waals surface area contributed by atoms with Crippen LogP contribution in [0.15, 0.2) is 12.1 Å². The number of likely N-dealkylation sites (tertiary alicyclic amines) is 1. The Labute approximate surface area is 128 Å². The predicted molar refractivity (Wildman–Crippen MR) is 78.1 cm³/mol. The molecule has 21 heavy (non-hydrogen) atoms. The van der Waals surface area contributed by atoms with Crippen LogP contribution in [0.4, 0.5) is 0 Å². The standard InChI is InChI=1S/C15H18ClNO4/c16-12-6-10(7-13-15(12)21-5-4-20-13)9-17-3-1-2-11(17)8-14(18)19/h6-7,11H,1-5,8-9H2,(H,18,19). The van der Waals surface area contributed by atoms with Gasteiger partial charge in [0.25, 0.3) is 0 Å². The SMILES string of the molecule is O=C(O)CC1CCCN1Cc1cc(Cl)c2c(c1)OCCO2. The molecule has 2 aliphatic rings. The van der Waals surface area contributed by atoms with Gasteiger partial charge >= 0.3 is 5.97 Å². The monoisotopic (exact) mass is 311 g/mol. The van der Waals surface area contributed by atoms with Gasteiger partial charge < -0.3 is 14.6 Å². The molecule has 5 nitrogen and oxygen atoms in total. The van der Waals surface area contributed by atoms with E-state index in [1.807, 2.05) is 12.1 Å². The van der Waals surface area contributed by atoms with Gasteiger partial charge in [0.05, 0.1) is 11.4 Å². The lowest BCUT2D eigenvalue weighted by Gasteiger charge is -2.25. The Morgan fingerprint density at radius 1 is 1.38 bits per heavy atom. The van der Waals surface area contributed by atoms with E-state index >= 15 is 0 Å². The van der Waals surface area contributed by atoms with Gasteiger partial charge in [-0.25, -0.2) is 0 Å². The van der Waals surface area contributed by atoms with Gasteiger partial charge in [0, 0.05) is 12.6 Å². The number of nitrogens with zero attached hydrogens (tertiary/aromatic N) is 1. The molecule has 0 saturated carbocycles. The van der Waals surface area contributed by atoms with Crippen molar-refractivity contribution in [2.45, 2.75) is 31.8 Å². The van der Waals surface area contributed by atoms with Crippen LogP contribution in [-0.4, -0.2) is 41.8 Å². The Balaban J connectivity index is 1.75. The number of halogens is 1. The average Bonchev–Trinajstić information content (AvgIpc) is 2.85. The average molecular weight is 312 g/mol. The normalized spacial score (nSPS) is 21.5. The van der Waals surface area contributed by atoms with Crippen molar-refractivity contribution in [2.24, 2.45) is 0 Å². The summed E-state index contributed by atoms with van der Waals surface area (Å²) >= 11 is 6.24. The Morgan fingerprint density at radius 2 is 2.19 bits per heavy atom. The lowest BCUT2D eigenvalue weighted by molar-refractivity contribution is -0.138. The minimum absolute atomic E-state index is 0.106. The molecular formula is C15H18ClNO4. The molecule has 0 spiro atoms. The molecule has 3 rings (SSSR count). The Morgan fingerprint density at radius 3 is 3.00 bits per heavy atom. The lowest BCUT2D eigenvalue weighted by atomic mass is 10.1. The largest absolute Gasteiger partial charge is 0.486 e. The summed E-state index contributed by atoms with van der Waals surface area (Å²) in [7, 11) is 0. The quantitative estimate of drug-likeness (QED) is 0.926. The van der Waals surface area contributed by atoms with Gasteiger partial charge in [-0.2, -0.15) is 0 Å². The molecule has 1 N–H and O–H groups in total. The Bertz CT molecular complexity index is 549. The van der Waals surface area contributed by atoms with Crippen LogP contribution in [0.5, 0.6) is 11.5 Å². The van der Waals surface area contributed by atoms with E-state index in [0.717, 1.165) is 24.9 Å². The Kier molecular flexibility index (Phi) is 4.22. The van der Waals surface area contributed by atoms with E-state index in [2.05, 4.69) is 4.90 Å². The fourth-order valence-corrected chi connectivity index (χ4v) is 3.31. The first-order chi connectivity index (χ1) is 10.1. The van der Waals surface area contributed by atoms with Crippen LogP contribution in [0.3, 0.4) is 0 Å². The van der Waals surface area contributed by atoms with E-state index in [9.17, 15) is 4.79 Å². The molecule has 1 saturated heterocycles. The van der Waals surface area contributed by atoms with Gasteiger partial charge in [-0.05, 0) is 37.1 Å². The summed E-state index contributed by atoms with van der Waals surface area (Å²) in [5, 5.41) is 9.53. The van der Waals surface area contributed by atoms with E-state index in [4.69, 9.17) is 26.2 Å². The first kappa shape index (κ1) is 14.5. The molecule has 1 unspecified atom stereocenters. The minimum atomic E-state index is -0.743. The number of hydrogen-bond acceptors (Lipinski definition) is 4. The number of carboxylic acid groups (broad SMARTS) is 1. The van der Waals surface area contributed by atoms with Crippen LogP contribution in [0.2, 0.25) is 5.02 Å². The van der Waals surface area contributed by atoms with Gasteiger partial charge in [0.1, 0.15) is 13.2 Å². The first-order valence-corrected chi connectivity index (χ1v) is 7.55. The molecule has 1 aromatic carbocycles. The van der Waals surface area contributed by atoms with Crippen molar-refractivity contribution < 1.29 is 19.4 Å². The maximum Gasteiger partial charge on any atom is 0.304 e. The number of ether oxygens (including phenoxy) is 2. The first-order valence-electron chi connectivity index (χ1n) is 7.17. The fraction of sp³-hybridized carbons (Fsp3) is 0.533. The fourth-order valence-electron chi connectivity index (χ4n) is 3.03. The molecule has 114 valence electrons. The van der Waals surface area contributed by atoms with Crippen molar-refractivity contribution in [1.29, 1.82) is 0 Å². The summed E-state index contributed by atoms with van der Waals surface area (Å²) in [6.45, 7) is 2.65. The Hall–Kier alpha value is -1.46. The zero-order valence-electron chi connectivity index (χ0n) is 11.7. The molecular weight excluding hydrogens is 294 g/mol. The summed E-state index contributed by atoms with van der Waals surface area (Å²) in [5.41, 5.74) is 1.03. The molecule has 0 radical (unpaired) electrons. The second kappa shape index (κ2) is 6.12. The number of rotatable bonds is 4. The van der Waals surface area contributed by atoms with Crippen LogP contribution in [0.25, 0.3) is 0 Å². The molecule has 2 aliphatic heterocycles. The maximum atomic E-state index is 10.9. The molecule has 2 heterocycles. The van der Waals surface area contributed by atoms with E-state index in [0.29, 0.717) is 36.3 Å². The van der Waals surface area contributed by atoms with Gasteiger partial charge in [0.2, 0.25) is 0 Å². The number of aliphatic carboxylic acids is 1. The van der Waals surface area contributed by atoms with Crippen LogP contribution >= 0.6 is 11.6 Å². The van der Waals surface area contributed by atoms with Crippen LogP contribution in [0, 0.1) is 0 Å². The molecule has 0 aromatic heterocycles. The molecule has 0 amide bonds. The third-order valence-corrected chi connectivity index (χ3v) is 4.23. The molecule has 0 aliphatic carbocycles. The topological polar surface area (TPSA) is 59.0 Å². The van der Waals surface area contributed by atoms with Crippen molar-refractivity contribution >= 4 is 17.6 Å². The number of carboxylic acids is 1. The number of hydrogen-bond donors (Lipinski definition) is 1. The van der Waals surface area contributed by atoms with Gasteiger partial charge in [-0.1, -0.05) is 11.6 Å². The van der Waals surface area contributed by atoms with E-state index < -0.39 is 5.97 Å². The van der Waals surface area contributed by atoms with Crippen molar-refractivity contribution in [3.8, 4) is 11.5 Å². The summed E-state index contributed by atoms with van der Waals surface area (Å²) in [4.78, 5) is 13.1. The highest BCUT2D eigenvalue weighted by molar-refractivity contribution is 6.32. The van der Waals surface area contributed by atoms with E-state index in [1.54, 1.807) is 0 Å². The van der Waals surface area contributed by atoms with Gasteiger partial charge in [-0.3, -0.25) is 9.69 Å². The second-order valence-corrected chi connectivity index (χ2v) is 5.87. The maximum absolute atomic E-state index is 10.9. The van der Waals surface area contributed by atoms with E-state index in [1.165, 1.54) is 0 Å². The molecule has 1 aromatic rings.